The molecule has 29 heavy (non-hydrogen) atoms. The fourth-order valence-electron chi connectivity index (χ4n) is 4.19. The first kappa shape index (κ1) is 18.0. The molecule has 146 valence electrons. The molecule has 0 saturated carbocycles. The predicted molar refractivity (Wildman–Crippen MR) is 104 cm³/mol. The van der Waals surface area contributed by atoms with E-state index < -0.39 is 17.7 Å². The van der Waals surface area contributed by atoms with Gasteiger partial charge in [-0.1, -0.05) is 23.7 Å². The Kier molecular flexibility index (Phi) is 4.20. The minimum absolute atomic E-state index is 0.0492. The Morgan fingerprint density at radius 2 is 1.86 bits per heavy atom. The molecule has 5 rings (SSSR count). The number of aromatic nitrogens is 3. The summed E-state index contributed by atoms with van der Waals surface area (Å²) < 4.78 is 29.3. The van der Waals surface area contributed by atoms with Gasteiger partial charge in [0.1, 0.15) is 24.0 Å². The predicted octanol–water partition coefficient (Wildman–Crippen LogP) is 4.63. The maximum absolute atomic E-state index is 13.9. The molecule has 2 aromatic carbocycles. The zero-order valence-corrected chi connectivity index (χ0v) is 15.8. The first-order valence-electron chi connectivity index (χ1n) is 9.14. The summed E-state index contributed by atoms with van der Waals surface area (Å²) in [6.45, 7) is 0. The van der Waals surface area contributed by atoms with Crippen molar-refractivity contribution in [1.29, 1.82) is 0 Å². The van der Waals surface area contributed by atoms with Crippen LogP contribution in [0.4, 0.5) is 14.7 Å². The van der Waals surface area contributed by atoms with E-state index in [0.29, 0.717) is 34.2 Å². The van der Waals surface area contributed by atoms with Crippen LogP contribution in [0.1, 0.15) is 35.9 Å². The van der Waals surface area contributed by atoms with E-state index in [4.69, 9.17) is 11.6 Å². The monoisotopic (exact) mass is 412 g/mol. The highest BCUT2D eigenvalue weighted by molar-refractivity contribution is 6.30. The molecule has 8 heteroatoms. The van der Waals surface area contributed by atoms with Gasteiger partial charge in [-0.2, -0.15) is 10.1 Å². The number of carbonyl (C=O) groups excluding carboxylic acids is 1. The molecule has 1 aliphatic heterocycles. The smallest absolute Gasteiger partial charge is 0.226 e. The molecule has 5 nitrogen and oxygen atoms in total. The number of anilines is 1. The van der Waals surface area contributed by atoms with Gasteiger partial charge in [0, 0.05) is 28.8 Å². The second-order valence-electron chi connectivity index (χ2n) is 7.23. The topological polar surface area (TPSA) is 59.8 Å². The number of Topliss-reactive ketones (excluding diaryl/α,β-unsaturated/α-hetero) is 1. The third-order valence-corrected chi connectivity index (χ3v) is 5.62. The summed E-state index contributed by atoms with van der Waals surface area (Å²) in [6, 6.07) is 9.97. The number of nitrogens with one attached hydrogen (secondary N) is 1. The molecule has 2 atom stereocenters. The number of nitrogens with zero attached hydrogens (tertiary/aromatic N) is 3. The van der Waals surface area contributed by atoms with Crippen LogP contribution in [0.2, 0.25) is 5.02 Å². The van der Waals surface area contributed by atoms with Crippen molar-refractivity contribution in [3.8, 4) is 0 Å². The van der Waals surface area contributed by atoms with Gasteiger partial charge in [0.05, 0.1) is 0 Å². The summed E-state index contributed by atoms with van der Waals surface area (Å²) in [5.74, 6) is -1.13. The van der Waals surface area contributed by atoms with Crippen LogP contribution in [0.15, 0.2) is 60.1 Å². The highest BCUT2D eigenvalue weighted by Crippen LogP contribution is 2.44. The van der Waals surface area contributed by atoms with Crippen molar-refractivity contribution in [3.63, 3.8) is 0 Å². The molecule has 2 heterocycles. The Morgan fingerprint density at radius 1 is 1.07 bits per heavy atom. The highest BCUT2D eigenvalue weighted by Gasteiger charge is 2.39. The number of allylic oxidation sites excluding steroid dienone is 2. The standard InChI is InChI=1S/C21H15ClF2N4O/c22-14-3-1-2-11(4-14)12-7-17-19(18(29)8-12)20(28-21(27-17)25-10-26-28)13-5-15(23)9-16(24)6-13/h1-6,9-10,12,20H,7-8H2,(H,25,26,27)/t12-,20-/m1/s1. The second-order valence-corrected chi connectivity index (χ2v) is 7.67. The van der Waals surface area contributed by atoms with Crippen molar-refractivity contribution in [2.45, 2.75) is 24.8 Å². The summed E-state index contributed by atoms with van der Waals surface area (Å²) in [6.07, 6.45) is 2.18. The number of benzene rings is 2. The Balaban J connectivity index is 1.62. The normalized spacial score (nSPS) is 20.9. The van der Waals surface area contributed by atoms with E-state index in [-0.39, 0.29) is 18.1 Å². The van der Waals surface area contributed by atoms with Crippen molar-refractivity contribution in [2.75, 3.05) is 5.32 Å². The van der Waals surface area contributed by atoms with E-state index >= 15 is 0 Å². The molecule has 1 aromatic heterocycles. The van der Waals surface area contributed by atoms with Gasteiger partial charge in [-0.25, -0.2) is 13.5 Å². The lowest BCUT2D eigenvalue weighted by Gasteiger charge is -2.35. The van der Waals surface area contributed by atoms with Gasteiger partial charge in [0.25, 0.3) is 0 Å². The maximum Gasteiger partial charge on any atom is 0.226 e. The largest absolute Gasteiger partial charge is 0.328 e. The fourth-order valence-corrected chi connectivity index (χ4v) is 4.39. The summed E-state index contributed by atoms with van der Waals surface area (Å²) >= 11 is 6.12. The minimum atomic E-state index is -0.734. The van der Waals surface area contributed by atoms with E-state index in [1.54, 1.807) is 6.07 Å². The van der Waals surface area contributed by atoms with Gasteiger partial charge in [-0.05, 0) is 47.7 Å². The Hall–Kier alpha value is -3.06. The van der Waals surface area contributed by atoms with Crippen molar-refractivity contribution in [3.05, 3.63) is 87.8 Å². The Labute approximate surface area is 170 Å². The number of hydrogen-bond donors (Lipinski definition) is 1. The van der Waals surface area contributed by atoms with Crippen LogP contribution >= 0.6 is 11.6 Å². The number of fused-ring (bicyclic) bond motifs is 1. The highest BCUT2D eigenvalue weighted by atomic mass is 35.5. The zero-order chi connectivity index (χ0) is 20.1. The quantitative estimate of drug-likeness (QED) is 0.667. The van der Waals surface area contributed by atoms with Gasteiger partial charge in [0.15, 0.2) is 5.78 Å². The average molecular weight is 413 g/mol. The van der Waals surface area contributed by atoms with Crippen LogP contribution < -0.4 is 5.32 Å². The molecular formula is C21H15ClF2N4O. The van der Waals surface area contributed by atoms with E-state index in [0.717, 1.165) is 11.6 Å². The van der Waals surface area contributed by atoms with Gasteiger partial charge < -0.3 is 5.32 Å². The van der Waals surface area contributed by atoms with Crippen LogP contribution in [0.25, 0.3) is 0 Å². The van der Waals surface area contributed by atoms with E-state index in [1.165, 1.54) is 23.1 Å². The second kappa shape index (κ2) is 6.77. The SMILES string of the molecule is O=C1C[C@H](c2cccc(Cl)c2)CC2=C1[C@@H](c1cc(F)cc(F)c1)n1ncnc1N2. The number of carbonyl (C=O) groups is 1. The van der Waals surface area contributed by atoms with Crippen molar-refractivity contribution >= 4 is 23.3 Å². The first-order valence-corrected chi connectivity index (χ1v) is 9.51. The Morgan fingerprint density at radius 3 is 2.62 bits per heavy atom. The third kappa shape index (κ3) is 3.11. The van der Waals surface area contributed by atoms with E-state index in [9.17, 15) is 13.6 Å². The Bertz CT molecular complexity index is 1150. The van der Waals surface area contributed by atoms with Crippen LogP contribution in [-0.4, -0.2) is 20.5 Å². The van der Waals surface area contributed by atoms with Crippen LogP contribution in [0, 0.1) is 11.6 Å². The molecule has 0 fully saturated rings. The number of rotatable bonds is 2. The maximum atomic E-state index is 13.9. The first-order chi connectivity index (χ1) is 14.0. The number of hydrogen-bond acceptors (Lipinski definition) is 4. The lowest BCUT2D eigenvalue weighted by Crippen LogP contribution is -2.33. The molecule has 0 amide bonds. The molecule has 0 spiro atoms. The van der Waals surface area contributed by atoms with E-state index in [2.05, 4.69) is 15.4 Å². The summed E-state index contributed by atoms with van der Waals surface area (Å²) in [5.41, 5.74) is 2.45. The van der Waals surface area contributed by atoms with Gasteiger partial charge in [-0.3, -0.25) is 4.79 Å². The number of ketones is 1. The molecule has 0 saturated heterocycles. The molecule has 3 aromatic rings. The van der Waals surface area contributed by atoms with Gasteiger partial charge >= 0.3 is 0 Å². The summed E-state index contributed by atoms with van der Waals surface area (Å²) in [5, 5.41) is 7.97. The molecule has 1 aliphatic carbocycles. The molecule has 0 bridgehead atoms. The minimum Gasteiger partial charge on any atom is -0.328 e. The molecule has 0 radical (unpaired) electrons. The van der Waals surface area contributed by atoms with Gasteiger partial charge in [-0.15, -0.1) is 0 Å². The van der Waals surface area contributed by atoms with E-state index in [1.807, 2.05) is 18.2 Å². The lowest BCUT2D eigenvalue weighted by atomic mass is 9.78. The lowest BCUT2D eigenvalue weighted by molar-refractivity contribution is -0.116. The summed E-state index contributed by atoms with van der Waals surface area (Å²) in [4.78, 5) is 17.4. The molecule has 2 aliphatic rings. The van der Waals surface area contributed by atoms with Crippen LogP contribution in [0.3, 0.4) is 0 Å². The number of halogens is 3. The molecule has 1 N–H and O–H groups in total. The van der Waals surface area contributed by atoms with Crippen molar-refractivity contribution in [2.24, 2.45) is 0 Å². The van der Waals surface area contributed by atoms with Crippen LogP contribution in [-0.2, 0) is 4.79 Å². The summed E-state index contributed by atoms with van der Waals surface area (Å²) in [7, 11) is 0. The average Bonchev–Trinajstić information content (AvgIpc) is 3.13. The zero-order valence-electron chi connectivity index (χ0n) is 15.1. The molecular weight excluding hydrogens is 398 g/mol. The van der Waals surface area contributed by atoms with Gasteiger partial charge in [0.2, 0.25) is 5.95 Å². The van der Waals surface area contributed by atoms with Crippen molar-refractivity contribution in [1.82, 2.24) is 14.8 Å². The fraction of sp³-hybridized carbons (Fsp3) is 0.190. The molecule has 0 unspecified atom stereocenters. The van der Waals surface area contributed by atoms with Crippen LogP contribution in [0.5, 0.6) is 0 Å². The third-order valence-electron chi connectivity index (χ3n) is 5.38. The van der Waals surface area contributed by atoms with Crippen molar-refractivity contribution < 1.29 is 13.6 Å².